The summed E-state index contributed by atoms with van der Waals surface area (Å²) in [7, 11) is 0. The van der Waals surface area contributed by atoms with Crippen molar-refractivity contribution in [1.82, 2.24) is 19.9 Å². The van der Waals surface area contributed by atoms with E-state index in [1.54, 1.807) is 6.20 Å². The number of nitrogens with zero attached hydrogens (tertiary/aromatic N) is 5. The van der Waals surface area contributed by atoms with Crippen LogP contribution in [-0.2, 0) is 0 Å². The van der Waals surface area contributed by atoms with Gasteiger partial charge in [0, 0.05) is 54.9 Å². The van der Waals surface area contributed by atoms with Gasteiger partial charge in [0.15, 0.2) is 5.82 Å². The van der Waals surface area contributed by atoms with Crippen LogP contribution in [0, 0.1) is 6.92 Å². The van der Waals surface area contributed by atoms with E-state index in [0.29, 0.717) is 0 Å². The molecule has 0 bridgehead atoms. The van der Waals surface area contributed by atoms with Crippen LogP contribution in [0.2, 0.25) is 0 Å². The van der Waals surface area contributed by atoms with Crippen molar-refractivity contribution >= 4 is 5.82 Å². The van der Waals surface area contributed by atoms with E-state index in [1.165, 1.54) is 32.2 Å². The van der Waals surface area contributed by atoms with Gasteiger partial charge in [0.1, 0.15) is 5.82 Å². The van der Waals surface area contributed by atoms with Gasteiger partial charge in [-0.25, -0.2) is 9.97 Å². The van der Waals surface area contributed by atoms with Crippen molar-refractivity contribution in [1.29, 1.82) is 0 Å². The highest BCUT2D eigenvalue weighted by Crippen LogP contribution is 2.28. The van der Waals surface area contributed by atoms with Crippen LogP contribution in [0.15, 0.2) is 30.6 Å². The maximum absolute atomic E-state index is 4.83. The number of rotatable bonds is 3. The van der Waals surface area contributed by atoms with Crippen LogP contribution >= 0.6 is 0 Å². The van der Waals surface area contributed by atoms with Crippen molar-refractivity contribution in [2.75, 3.05) is 24.5 Å². The third-order valence-corrected chi connectivity index (χ3v) is 5.62. The summed E-state index contributed by atoms with van der Waals surface area (Å²) >= 11 is 0. The van der Waals surface area contributed by atoms with E-state index < -0.39 is 0 Å². The van der Waals surface area contributed by atoms with E-state index in [1.807, 2.05) is 25.3 Å². The van der Waals surface area contributed by atoms with E-state index in [2.05, 4.69) is 32.8 Å². The smallest absolute Gasteiger partial charge is 0.163 e. The molecule has 4 rings (SSSR count). The summed E-state index contributed by atoms with van der Waals surface area (Å²) in [5.74, 6) is 1.83. The van der Waals surface area contributed by atoms with Crippen LogP contribution in [0.3, 0.4) is 0 Å². The fraction of sp³-hybridized carbons (Fsp3) is 0.550. The first-order valence-corrected chi connectivity index (χ1v) is 9.47. The average molecular weight is 337 g/mol. The van der Waals surface area contributed by atoms with Crippen LogP contribution < -0.4 is 4.90 Å². The summed E-state index contributed by atoms with van der Waals surface area (Å²) in [6, 6.07) is 7.57. The zero-order valence-electron chi connectivity index (χ0n) is 15.2. The lowest BCUT2D eigenvalue weighted by molar-refractivity contribution is 0.163. The highest BCUT2D eigenvalue weighted by atomic mass is 15.3. The lowest BCUT2D eigenvalue weighted by Crippen LogP contribution is -2.46. The summed E-state index contributed by atoms with van der Waals surface area (Å²) < 4.78 is 0. The second-order valence-electron chi connectivity index (χ2n) is 7.38. The van der Waals surface area contributed by atoms with Crippen molar-refractivity contribution in [2.45, 2.75) is 51.6 Å². The van der Waals surface area contributed by atoms with E-state index in [9.17, 15) is 0 Å². The van der Waals surface area contributed by atoms with E-state index in [4.69, 9.17) is 4.98 Å². The first-order valence-electron chi connectivity index (χ1n) is 9.47. The second kappa shape index (κ2) is 7.08. The number of aromatic nitrogens is 3. The molecule has 0 aliphatic carbocycles. The molecule has 2 aliphatic rings. The molecule has 5 heteroatoms. The number of anilines is 1. The lowest BCUT2D eigenvalue weighted by Gasteiger charge is -2.39. The van der Waals surface area contributed by atoms with Gasteiger partial charge in [-0.2, -0.15) is 0 Å². The molecule has 2 aromatic rings. The van der Waals surface area contributed by atoms with Gasteiger partial charge < -0.3 is 4.90 Å². The third-order valence-electron chi connectivity index (χ3n) is 5.62. The monoisotopic (exact) mass is 337 g/mol. The lowest BCUT2D eigenvalue weighted by atomic mass is 10.0. The van der Waals surface area contributed by atoms with E-state index in [0.717, 1.165) is 48.1 Å². The molecule has 0 amide bonds. The largest absolute Gasteiger partial charge is 0.356 e. The Labute approximate surface area is 150 Å². The zero-order valence-corrected chi connectivity index (χ0v) is 15.2. The molecule has 0 N–H and O–H groups in total. The Hall–Kier alpha value is -2.01. The van der Waals surface area contributed by atoms with Crippen molar-refractivity contribution in [2.24, 2.45) is 0 Å². The number of aryl methyl sites for hydroxylation is 1. The molecule has 2 aromatic heterocycles. The van der Waals surface area contributed by atoms with Crippen LogP contribution in [0.4, 0.5) is 5.82 Å². The molecule has 0 radical (unpaired) electrons. The summed E-state index contributed by atoms with van der Waals surface area (Å²) in [6.07, 6.45) is 8.80. The molecular formula is C20H27N5. The molecule has 2 fully saturated rings. The van der Waals surface area contributed by atoms with E-state index in [-0.39, 0.29) is 0 Å². The first kappa shape index (κ1) is 16.5. The Kier molecular flexibility index (Phi) is 4.66. The molecule has 2 aliphatic heterocycles. The Bertz CT molecular complexity index is 709. The molecular weight excluding hydrogens is 310 g/mol. The molecule has 1 unspecified atom stereocenters. The normalized spacial score (nSPS) is 22.5. The van der Waals surface area contributed by atoms with Gasteiger partial charge in [0.25, 0.3) is 0 Å². The van der Waals surface area contributed by atoms with Gasteiger partial charge >= 0.3 is 0 Å². The number of piperidine rings is 1. The SMILES string of the molecule is Cc1cc(N2CCC(N3CCCC3C)CC2)nc(-c2cccnc2)n1. The topological polar surface area (TPSA) is 45.2 Å². The second-order valence-corrected chi connectivity index (χ2v) is 7.38. The summed E-state index contributed by atoms with van der Waals surface area (Å²) in [6.45, 7) is 7.87. The summed E-state index contributed by atoms with van der Waals surface area (Å²) in [5.41, 5.74) is 1.99. The molecule has 25 heavy (non-hydrogen) atoms. The third kappa shape index (κ3) is 3.52. The molecule has 132 valence electrons. The van der Waals surface area contributed by atoms with Crippen molar-refractivity contribution in [3.8, 4) is 11.4 Å². The van der Waals surface area contributed by atoms with Crippen molar-refractivity contribution < 1.29 is 0 Å². The van der Waals surface area contributed by atoms with Gasteiger partial charge in [-0.05, 0) is 58.2 Å². The number of hydrogen-bond acceptors (Lipinski definition) is 5. The summed E-state index contributed by atoms with van der Waals surface area (Å²) in [4.78, 5) is 18.8. The zero-order chi connectivity index (χ0) is 17.2. The highest BCUT2D eigenvalue weighted by molar-refractivity contribution is 5.56. The fourth-order valence-corrected chi connectivity index (χ4v) is 4.26. The van der Waals surface area contributed by atoms with E-state index >= 15 is 0 Å². The number of likely N-dealkylation sites (tertiary alicyclic amines) is 1. The van der Waals surface area contributed by atoms with Gasteiger partial charge in [-0.3, -0.25) is 9.88 Å². The Morgan fingerprint density at radius 2 is 1.92 bits per heavy atom. The minimum atomic E-state index is 0.745. The van der Waals surface area contributed by atoms with Crippen LogP contribution in [-0.4, -0.2) is 51.6 Å². The predicted octanol–water partition coefficient (Wildman–Crippen LogP) is 3.30. The molecule has 1 atom stereocenters. The highest BCUT2D eigenvalue weighted by Gasteiger charge is 2.30. The van der Waals surface area contributed by atoms with Crippen molar-refractivity contribution in [3.05, 3.63) is 36.3 Å². The van der Waals surface area contributed by atoms with Gasteiger partial charge in [0.05, 0.1) is 0 Å². The minimum absolute atomic E-state index is 0.745. The first-order chi connectivity index (χ1) is 12.2. The van der Waals surface area contributed by atoms with Crippen LogP contribution in [0.5, 0.6) is 0 Å². The predicted molar refractivity (Wildman–Crippen MR) is 101 cm³/mol. The molecule has 0 saturated carbocycles. The Balaban J connectivity index is 1.49. The molecule has 5 nitrogen and oxygen atoms in total. The van der Waals surface area contributed by atoms with Gasteiger partial charge in [-0.15, -0.1) is 0 Å². The molecule has 4 heterocycles. The van der Waals surface area contributed by atoms with Gasteiger partial charge in [-0.1, -0.05) is 0 Å². The van der Waals surface area contributed by atoms with Crippen molar-refractivity contribution in [3.63, 3.8) is 0 Å². The summed E-state index contributed by atoms with van der Waals surface area (Å²) in [5, 5.41) is 0. The minimum Gasteiger partial charge on any atom is -0.356 e. The van der Waals surface area contributed by atoms with Crippen LogP contribution in [0.25, 0.3) is 11.4 Å². The number of pyridine rings is 1. The average Bonchev–Trinajstić information content (AvgIpc) is 3.08. The maximum Gasteiger partial charge on any atom is 0.163 e. The Morgan fingerprint density at radius 3 is 2.60 bits per heavy atom. The maximum atomic E-state index is 4.83. The number of hydrogen-bond donors (Lipinski definition) is 0. The molecule has 0 aromatic carbocycles. The molecule has 2 saturated heterocycles. The standard InChI is InChI=1S/C20H27N5/c1-15-13-19(23-20(22-15)17-6-3-9-21-14-17)24-11-7-18(8-12-24)25-10-4-5-16(25)2/h3,6,9,13-14,16,18H,4-5,7-8,10-12H2,1-2H3. The van der Waals surface area contributed by atoms with Crippen LogP contribution in [0.1, 0.15) is 38.3 Å². The van der Waals surface area contributed by atoms with Gasteiger partial charge in [0.2, 0.25) is 0 Å². The Morgan fingerprint density at radius 1 is 1.08 bits per heavy atom. The fourth-order valence-electron chi connectivity index (χ4n) is 4.26. The quantitative estimate of drug-likeness (QED) is 0.860. The molecule has 0 spiro atoms.